The Morgan fingerprint density at radius 2 is 1.53 bits per heavy atom. The van der Waals surface area contributed by atoms with Crippen LogP contribution in [0, 0.1) is 6.92 Å². The third-order valence-electron chi connectivity index (χ3n) is 3.13. The van der Waals surface area contributed by atoms with Crippen LogP contribution in [0.15, 0.2) is 65.1 Å². The van der Waals surface area contributed by atoms with Crippen molar-refractivity contribution in [2.24, 2.45) is 0 Å². The standard InChI is InChI=1S/C17H15NO/c1-13-16(12-14-8-4-2-5-9-14)18-17(19-13)15-10-6-3-7-11-15/h2-11H,12H2,1H3. The zero-order valence-corrected chi connectivity index (χ0v) is 10.8. The molecule has 19 heavy (non-hydrogen) atoms. The van der Waals surface area contributed by atoms with Gasteiger partial charge in [0.2, 0.25) is 5.89 Å². The Balaban J connectivity index is 1.90. The van der Waals surface area contributed by atoms with Gasteiger partial charge in [0.25, 0.3) is 0 Å². The number of aryl methyl sites for hydroxylation is 1. The van der Waals surface area contributed by atoms with Gasteiger partial charge >= 0.3 is 0 Å². The molecule has 0 saturated heterocycles. The molecular formula is C17H15NO. The lowest BCUT2D eigenvalue weighted by Gasteiger charge is -1.97. The molecule has 0 radical (unpaired) electrons. The quantitative estimate of drug-likeness (QED) is 0.694. The first-order valence-electron chi connectivity index (χ1n) is 6.38. The van der Waals surface area contributed by atoms with Gasteiger partial charge in [0, 0.05) is 12.0 Å². The summed E-state index contributed by atoms with van der Waals surface area (Å²) in [4.78, 5) is 4.61. The van der Waals surface area contributed by atoms with Gasteiger partial charge in [-0.05, 0) is 24.6 Å². The molecule has 0 aliphatic heterocycles. The topological polar surface area (TPSA) is 26.0 Å². The largest absolute Gasteiger partial charge is 0.441 e. The van der Waals surface area contributed by atoms with E-state index in [9.17, 15) is 0 Å². The summed E-state index contributed by atoms with van der Waals surface area (Å²) >= 11 is 0. The maximum absolute atomic E-state index is 5.76. The van der Waals surface area contributed by atoms with Gasteiger partial charge in [-0.3, -0.25) is 0 Å². The zero-order valence-electron chi connectivity index (χ0n) is 10.8. The molecule has 0 fully saturated rings. The average Bonchev–Trinajstić information content (AvgIpc) is 2.82. The van der Waals surface area contributed by atoms with Crippen LogP contribution in [0.2, 0.25) is 0 Å². The van der Waals surface area contributed by atoms with Crippen molar-refractivity contribution in [2.45, 2.75) is 13.3 Å². The van der Waals surface area contributed by atoms with Gasteiger partial charge in [0.1, 0.15) is 5.76 Å². The third-order valence-corrected chi connectivity index (χ3v) is 3.13. The zero-order chi connectivity index (χ0) is 13.1. The molecule has 1 heterocycles. The molecule has 0 bridgehead atoms. The van der Waals surface area contributed by atoms with Gasteiger partial charge in [0.05, 0.1) is 5.69 Å². The van der Waals surface area contributed by atoms with Crippen LogP contribution >= 0.6 is 0 Å². The van der Waals surface area contributed by atoms with Crippen molar-refractivity contribution < 1.29 is 4.42 Å². The fraction of sp³-hybridized carbons (Fsp3) is 0.118. The summed E-state index contributed by atoms with van der Waals surface area (Å²) in [7, 11) is 0. The number of hydrogen-bond donors (Lipinski definition) is 0. The molecule has 94 valence electrons. The maximum Gasteiger partial charge on any atom is 0.226 e. The van der Waals surface area contributed by atoms with Crippen LogP contribution in [0.5, 0.6) is 0 Å². The van der Waals surface area contributed by atoms with E-state index < -0.39 is 0 Å². The van der Waals surface area contributed by atoms with Crippen LogP contribution in [0.25, 0.3) is 11.5 Å². The molecule has 0 amide bonds. The van der Waals surface area contributed by atoms with Gasteiger partial charge in [-0.15, -0.1) is 0 Å². The minimum absolute atomic E-state index is 0.698. The molecule has 0 atom stereocenters. The Labute approximate surface area is 112 Å². The molecular weight excluding hydrogens is 234 g/mol. The highest BCUT2D eigenvalue weighted by atomic mass is 16.4. The molecule has 1 aromatic heterocycles. The van der Waals surface area contributed by atoms with E-state index in [-0.39, 0.29) is 0 Å². The molecule has 0 saturated carbocycles. The highest BCUT2D eigenvalue weighted by Crippen LogP contribution is 2.22. The van der Waals surface area contributed by atoms with Crippen molar-refractivity contribution in [3.8, 4) is 11.5 Å². The lowest BCUT2D eigenvalue weighted by molar-refractivity contribution is 0.540. The minimum atomic E-state index is 0.698. The third kappa shape index (κ3) is 2.58. The highest BCUT2D eigenvalue weighted by molar-refractivity contribution is 5.53. The molecule has 0 unspecified atom stereocenters. The van der Waals surface area contributed by atoms with E-state index in [0.29, 0.717) is 5.89 Å². The van der Waals surface area contributed by atoms with E-state index in [2.05, 4.69) is 17.1 Å². The summed E-state index contributed by atoms with van der Waals surface area (Å²) in [5, 5.41) is 0. The normalized spacial score (nSPS) is 10.6. The van der Waals surface area contributed by atoms with Gasteiger partial charge < -0.3 is 4.42 Å². The Kier molecular flexibility index (Phi) is 3.15. The molecule has 3 aromatic rings. The van der Waals surface area contributed by atoms with Crippen molar-refractivity contribution in [3.63, 3.8) is 0 Å². The predicted octanol–water partition coefficient (Wildman–Crippen LogP) is 4.24. The fourth-order valence-corrected chi connectivity index (χ4v) is 2.09. The summed E-state index contributed by atoms with van der Waals surface area (Å²) in [5.41, 5.74) is 3.27. The van der Waals surface area contributed by atoms with Crippen LogP contribution in [0.1, 0.15) is 17.0 Å². The minimum Gasteiger partial charge on any atom is -0.441 e. The Morgan fingerprint density at radius 1 is 0.895 bits per heavy atom. The van der Waals surface area contributed by atoms with E-state index in [1.54, 1.807) is 0 Å². The Bertz CT molecular complexity index is 656. The van der Waals surface area contributed by atoms with Crippen molar-refractivity contribution in [1.82, 2.24) is 4.98 Å². The molecule has 0 N–H and O–H groups in total. The second kappa shape index (κ2) is 5.11. The second-order valence-electron chi connectivity index (χ2n) is 4.55. The van der Waals surface area contributed by atoms with E-state index in [1.807, 2.05) is 55.5 Å². The monoisotopic (exact) mass is 249 g/mol. The summed E-state index contributed by atoms with van der Waals surface area (Å²) in [6.07, 6.45) is 0.809. The van der Waals surface area contributed by atoms with E-state index in [1.165, 1.54) is 5.56 Å². The smallest absolute Gasteiger partial charge is 0.226 e. The summed E-state index contributed by atoms with van der Waals surface area (Å²) in [6, 6.07) is 20.3. The van der Waals surface area contributed by atoms with Crippen LogP contribution in [0.4, 0.5) is 0 Å². The van der Waals surface area contributed by atoms with Gasteiger partial charge in [-0.1, -0.05) is 48.5 Å². The maximum atomic E-state index is 5.76. The fourth-order valence-electron chi connectivity index (χ4n) is 2.09. The number of hydrogen-bond acceptors (Lipinski definition) is 2. The van der Waals surface area contributed by atoms with Gasteiger partial charge in [-0.25, -0.2) is 4.98 Å². The molecule has 0 spiro atoms. The summed E-state index contributed by atoms with van der Waals surface area (Å²) in [5.74, 6) is 1.59. The molecule has 3 rings (SSSR count). The Morgan fingerprint density at radius 3 is 2.21 bits per heavy atom. The van der Waals surface area contributed by atoms with Crippen LogP contribution in [0.3, 0.4) is 0 Å². The first-order chi connectivity index (χ1) is 9.33. The summed E-state index contributed by atoms with van der Waals surface area (Å²) < 4.78 is 5.76. The number of aromatic nitrogens is 1. The molecule has 0 aliphatic carbocycles. The van der Waals surface area contributed by atoms with Gasteiger partial charge in [-0.2, -0.15) is 0 Å². The number of nitrogens with zero attached hydrogens (tertiary/aromatic N) is 1. The predicted molar refractivity (Wildman–Crippen MR) is 75.9 cm³/mol. The molecule has 2 aromatic carbocycles. The highest BCUT2D eigenvalue weighted by Gasteiger charge is 2.11. The average molecular weight is 249 g/mol. The first-order valence-corrected chi connectivity index (χ1v) is 6.38. The second-order valence-corrected chi connectivity index (χ2v) is 4.55. The van der Waals surface area contributed by atoms with E-state index >= 15 is 0 Å². The lowest BCUT2D eigenvalue weighted by Crippen LogP contribution is -1.90. The SMILES string of the molecule is Cc1oc(-c2ccccc2)nc1Cc1ccccc1. The Hall–Kier alpha value is -2.35. The number of rotatable bonds is 3. The van der Waals surface area contributed by atoms with Crippen molar-refractivity contribution in [1.29, 1.82) is 0 Å². The van der Waals surface area contributed by atoms with E-state index in [0.717, 1.165) is 23.4 Å². The first kappa shape index (κ1) is 11.7. The van der Waals surface area contributed by atoms with Crippen molar-refractivity contribution in [2.75, 3.05) is 0 Å². The number of benzene rings is 2. The number of oxazole rings is 1. The molecule has 2 nitrogen and oxygen atoms in total. The summed E-state index contributed by atoms with van der Waals surface area (Å²) in [6.45, 7) is 1.97. The van der Waals surface area contributed by atoms with Crippen LogP contribution in [-0.4, -0.2) is 4.98 Å². The molecule has 0 aliphatic rings. The van der Waals surface area contributed by atoms with Crippen molar-refractivity contribution >= 4 is 0 Å². The van der Waals surface area contributed by atoms with Gasteiger partial charge in [0.15, 0.2) is 0 Å². The van der Waals surface area contributed by atoms with E-state index in [4.69, 9.17) is 4.42 Å². The van der Waals surface area contributed by atoms with Crippen LogP contribution in [-0.2, 0) is 6.42 Å². The van der Waals surface area contributed by atoms with Crippen LogP contribution < -0.4 is 0 Å². The lowest BCUT2D eigenvalue weighted by atomic mass is 10.1. The molecule has 2 heteroatoms. The van der Waals surface area contributed by atoms with Crippen molar-refractivity contribution in [3.05, 3.63) is 77.7 Å².